The van der Waals surface area contributed by atoms with Crippen LogP contribution in [0.3, 0.4) is 0 Å². The molecule has 2 aromatic heterocycles. The number of aromatic nitrogens is 2. The van der Waals surface area contributed by atoms with Crippen molar-refractivity contribution in [2.24, 2.45) is 0 Å². The van der Waals surface area contributed by atoms with E-state index in [-0.39, 0.29) is 35.9 Å². The molecule has 2 aliphatic rings. The van der Waals surface area contributed by atoms with Crippen LogP contribution in [0.15, 0.2) is 36.7 Å². The fourth-order valence-corrected chi connectivity index (χ4v) is 4.18. The third kappa shape index (κ3) is 5.55. The van der Waals surface area contributed by atoms with Crippen LogP contribution in [0, 0.1) is 11.9 Å². The molecule has 0 aromatic carbocycles. The van der Waals surface area contributed by atoms with Crippen LogP contribution < -0.4 is 0 Å². The van der Waals surface area contributed by atoms with Gasteiger partial charge in [-0.1, -0.05) is 12.1 Å². The summed E-state index contributed by atoms with van der Waals surface area (Å²) in [4.78, 5) is 7.29. The maximum Gasteiger partial charge on any atom is 0.216 e. The summed E-state index contributed by atoms with van der Waals surface area (Å²) in [6.45, 7) is 0. The molecule has 4 nitrogen and oxygen atoms in total. The van der Waals surface area contributed by atoms with Crippen LogP contribution >= 0.6 is 0 Å². The quantitative estimate of drug-likeness (QED) is 0.742. The molecule has 0 amide bonds. The van der Waals surface area contributed by atoms with Crippen LogP contribution in [0.2, 0.25) is 0 Å². The van der Waals surface area contributed by atoms with Crippen LogP contribution in [0.25, 0.3) is 0 Å². The van der Waals surface area contributed by atoms with E-state index in [0.29, 0.717) is 11.1 Å². The standard InChI is InChI=1S/2C11H14FNO/c2*12-11-10(2-1-7-13-11)8-3-5-9(14)6-4-8/h2*1-2,7-9,14H,3-6H2. The molecule has 0 aliphatic heterocycles. The van der Waals surface area contributed by atoms with Gasteiger partial charge in [0.25, 0.3) is 0 Å². The number of aliphatic hydroxyl groups is 2. The van der Waals surface area contributed by atoms with Gasteiger partial charge in [0.1, 0.15) is 0 Å². The Kier molecular flexibility index (Phi) is 7.45. The van der Waals surface area contributed by atoms with Gasteiger partial charge < -0.3 is 10.2 Å². The van der Waals surface area contributed by atoms with Crippen molar-refractivity contribution in [3.05, 3.63) is 59.7 Å². The number of rotatable bonds is 2. The molecule has 0 bridgehead atoms. The molecular weight excluding hydrogens is 362 g/mol. The Balaban J connectivity index is 0.000000161. The van der Waals surface area contributed by atoms with Gasteiger partial charge in [-0.3, -0.25) is 0 Å². The minimum atomic E-state index is -0.353. The summed E-state index contributed by atoms with van der Waals surface area (Å²) >= 11 is 0. The zero-order valence-electron chi connectivity index (χ0n) is 16.0. The first-order valence-electron chi connectivity index (χ1n) is 10.1. The molecule has 2 N–H and O–H groups in total. The fourth-order valence-electron chi connectivity index (χ4n) is 4.18. The van der Waals surface area contributed by atoms with Gasteiger partial charge in [-0.2, -0.15) is 8.78 Å². The number of aliphatic hydroxyl groups excluding tert-OH is 2. The lowest BCUT2D eigenvalue weighted by Gasteiger charge is -2.25. The molecular formula is C22H28F2N2O2. The smallest absolute Gasteiger partial charge is 0.216 e. The lowest BCUT2D eigenvalue weighted by atomic mass is 9.83. The normalized spacial score (nSPS) is 27.6. The third-order valence-electron chi connectivity index (χ3n) is 5.85. The number of halogens is 2. The zero-order chi connectivity index (χ0) is 19.9. The second-order valence-electron chi connectivity index (χ2n) is 7.78. The Morgan fingerprint density at radius 2 is 1.00 bits per heavy atom. The molecule has 6 heteroatoms. The molecule has 2 heterocycles. The third-order valence-corrected chi connectivity index (χ3v) is 5.85. The minimum Gasteiger partial charge on any atom is -0.393 e. The highest BCUT2D eigenvalue weighted by atomic mass is 19.1. The number of pyridine rings is 2. The summed E-state index contributed by atoms with van der Waals surface area (Å²) in [5.74, 6) is -0.220. The van der Waals surface area contributed by atoms with Gasteiger partial charge in [-0.15, -0.1) is 0 Å². The summed E-state index contributed by atoms with van der Waals surface area (Å²) in [6, 6.07) is 7.13. The maximum atomic E-state index is 13.3. The predicted molar refractivity (Wildman–Crippen MR) is 103 cm³/mol. The topological polar surface area (TPSA) is 66.2 Å². The molecule has 0 radical (unpaired) electrons. The second-order valence-corrected chi connectivity index (χ2v) is 7.78. The van der Waals surface area contributed by atoms with E-state index in [0.717, 1.165) is 51.4 Å². The van der Waals surface area contributed by atoms with Crippen molar-refractivity contribution in [1.29, 1.82) is 0 Å². The molecule has 0 unspecified atom stereocenters. The Hall–Kier alpha value is -1.92. The highest BCUT2D eigenvalue weighted by Crippen LogP contribution is 2.34. The number of nitrogens with zero attached hydrogens (tertiary/aromatic N) is 2. The molecule has 2 saturated carbocycles. The second kappa shape index (κ2) is 10.0. The number of hydrogen-bond donors (Lipinski definition) is 2. The van der Waals surface area contributed by atoms with E-state index < -0.39 is 0 Å². The predicted octanol–water partition coefficient (Wildman–Crippen LogP) is 4.48. The van der Waals surface area contributed by atoms with Gasteiger partial charge in [-0.05, 0) is 75.3 Å². The maximum absolute atomic E-state index is 13.3. The van der Waals surface area contributed by atoms with Crippen LogP contribution in [-0.2, 0) is 0 Å². The van der Waals surface area contributed by atoms with Crippen molar-refractivity contribution in [2.75, 3.05) is 0 Å². The van der Waals surface area contributed by atoms with Crippen molar-refractivity contribution >= 4 is 0 Å². The summed E-state index contributed by atoms with van der Waals surface area (Å²) in [5, 5.41) is 18.7. The van der Waals surface area contributed by atoms with E-state index in [1.807, 2.05) is 0 Å². The van der Waals surface area contributed by atoms with E-state index in [1.54, 1.807) is 24.3 Å². The van der Waals surface area contributed by atoms with Gasteiger partial charge in [0.2, 0.25) is 11.9 Å². The highest BCUT2D eigenvalue weighted by Gasteiger charge is 2.24. The van der Waals surface area contributed by atoms with Crippen LogP contribution in [-0.4, -0.2) is 32.4 Å². The van der Waals surface area contributed by atoms with Gasteiger partial charge in [0.15, 0.2) is 0 Å². The van der Waals surface area contributed by atoms with E-state index >= 15 is 0 Å². The van der Waals surface area contributed by atoms with Crippen molar-refractivity contribution in [2.45, 2.75) is 75.4 Å². The Morgan fingerprint density at radius 3 is 1.32 bits per heavy atom. The van der Waals surface area contributed by atoms with Crippen LogP contribution in [0.5, 0.6) is 0 Å². The van der Waals surface area contributed by atoms with Crippen LogP contribution in [0.1, 0.15) is 74.3 Å². The summed E-state index contributed by atoms with van der Waals surface area (Å²) < 4.78 is 26.6. The Bertz CT molecular complexity index is 679. The lowest BCUT2D eigenvalue weighted by Crippen LogP contribution is -2.17. The average Bonchev–Trinajstić information content (AvgIpc) is 2.71. The minimum absolute atomic E-state index is 0.189. The van der Waals surface area contributed by atoms with E-state index in [1.165, 1.54) is 12.4 Å². The van der Waals surface area contributed by atoms with Gasteiger partial charge in [0.05, 0.1) is 12.2 Å². The first-order chi connectivity index (χ1) is 13.5. The van der Waals surface area contributed by atoms with Crippen LogP contribution in [0.4, 0.5) is 8.78 Å². The molecule has 2 aliphatic carbocycles. The average molecular weight is 390 g/mol. The molecule has 2 fully saturated rings. The van der Waals surface area contributed by atoms with Gasteiger partial charge >= 0.3 is 0 Å². The molecule has 152 valence electrons. The van der Waals surface area contributed by atoms with Gasteiger partial charge in [-0.25, -0.2) is 9.97 Å². The molecule has 4 rings (SSSR count). The van der Waals surface area contributed by atoms with Gasteiger partial charge in [0, 0.05) is 23.5 Å². The zero-order valence-corrected chi connectivity index (χ0v) is 16.0. The molecule has 0 atom stereocenters. The highest BCUT2D eigenvalue weighted by molar-refractivity contribution is 5.18. The molecule has 0 saturated heterocycles. The SMILES string of the molecule is OC1CCC(c2cccnc2F)CC1.OC1CCC(c2cccnc2F)CC1. The summed E-state index contributed by atoms with van der Waals surface area (Å²) in [6.07, 6.45) is 9.13. The van der Waals surface area contributed by atoms with E-state index in [4.69, 9.17) is 0 Å². The van der Waals surface area contributed by atoms with Crippen molar-refractivity contribution in [3.63, 3.8) is 0 Å². The van der Waals surface area contributed by atoms with E-state index in [2.05, 4.69) is 9.97 Å². The van der Waals surface area contributed by atoms with Crippen molar-refractivity contribution in [3.8, 4) is 0 Å². The molecule has 28 heavy (non-hydrogen) atoms. The fraction of sp³-hybridized carbons (Fsp3) is 0.545. The van der Waals surface area contributed by atoms with Crippen molar-refractivity contribution in [1.82, 2.24) is 9.97 Å². The largest absolute Gasteiger partial charge is 0.393 e. The summed E-state index contributed by atoms with van der Waals surface area (Å²) in [5.41, 5.74) is 1.42. The first-order valence-corrected chi connectivity index (χ1v) is 10.1. The summed E-state index contributed by atoms with van der Waals surface area (Å²) in [7, 11) is 0. The van der Waals surface area contributed by atoms with Crippen molar-refractivity contribution < 1.29 is 19.0 Å². The Morgan fingerprint density at radius 1 is 0.643 bits per heavy atom. The molecule has 0 spiro atoms. The molecule has 2 aromatic rings. The first kappa shape index (κ1) is 20.8. The van der Waals surface area contributed by atoms with E-state index in [9.17, 15) is 19.0 Å². The monoisotopic (exact) mass is 390 g/mol. The lowest BCUT2D eigenvalue weighted by molar-refractivity contribution is 0.121. The number of hydrogen-bond acceptors (Lipinski definition) is 4. The Labute approximate surface area is 164 Å².